The van der Waals surface area contributed by atoms with E-state index in [1.54, 1.807) is 4.90 Å². The summed E-state index contributed by atoms with van der Waals surface area (Å²) in [6, 6.07) is 17.2. The normalized spacial score (nSPS) is 16.8. The summed E-state index contributed by atoms with van der Waals surface area (Å²) < 4.78 is 5.62. The van der Waals surface area contributed by atoms with Gasteiger partial charge in [0.15, 0.2) is 0 Å². The lowest BCUT2D eigenvalue weighted by atomic mass is 10.1. The second kappa shape index (κ2) is 8.04. The number of ether oxygens (including phenoxy) is 1. The largest absolute Gasteiger partial charge is 0.491 e. The van der Waals surface area contributed by atoms with E-state index in [1.165, 1.54) is 0 Å². The topological polar surface area (TPSA) is 58.6 Å². The van der Waals surface area contributed by atoms with Crippen molar-refractivity contribution in [2.75, 3.05) is 11.4 Å². The van der Waals surface area contributed by atoms with Crippen LogP contribution in [-0.4, -0.2) is 24.5 Å². The van der Waals surface area contributed by atoms with Crippen LogP contribution >= 0.6 is 0 Å². The van der Waals surface area contributed by atoms with Gasteiger partial charge in [0.25, 0.3) is 0 Å². The predicted molar refractivity (Wildman–Crippen MR) is 101 cm³/mol. The third-order valence-corrected chi connectivity index (χ3v) is 4.33. The summed E-state index contributed by atoms with van der Waals surface area (Å²) in [5.41, 5.74) is 1.84. The van der Waals surface area contributed by atoms with Crippen molar-refractivity contribution < 1.29 is 14.3 Å². The molecule has 136 valence electrons. The molecule has 2 aromatic rings. The van der Waals surface area contributed by atoms with Crippen molar-refractivity contribution in [3.63, 3.8) is 0 Å². The van der Waals surface area contributed by atoms with Gasteiger partial charge < -0.3 is 15.0 Å². The quantitative estimate of drug-likeness (QED) is 0.869. The van der Waals surface area contributed by atoms with Crippen LogP contribution in [0.1, 0.15) is 25.8 Å². The highest BCUT2D eigenvalue weighted by Gasteiger charge is 2.34. The van der Waals surface area contributed by atoms with Gasteiger partial charge in [-0.05, 0) is 43.7 Å². The second-order valence-electron chi connectivity index (χ2n) is 6.77. The Bertz CT molecular complexity index is 757. The Kier molecular flexibility index (Phi) is 5.56. The van der Waals surface area contributed by atoms with Crippen LogP contribution in [0.2, 0.25) is 0 Å². The van der Waals surface area contributed by atoms with E-state index in [-0.39, 0.29) is 30.3 Å². The van der Waals surface area contributed by atoms with Crippen LogP contribution in [0.4, 0.5) is 5.69 Å². The number of nitrogens with zero attached hydrogens (tertiary/aromatic N) is 1. The van der Waals surface area contributed by atoms with E-state index in [4.69, 9.17) is 4.74 Å². The number of benzene rings is 2. The minimum absolute atomic E-state index is 0.0256. The first-order valence-corrected chi connectivity index (χ1v) is 8.91. The standard InChI is InChI=1S/C21H24N2O3/c1-15(2)26-19-10-8-18(9-11-19)23-14-17(12-20(23)24)21(25)22-13-16-6-4-3-5-7-16/h3-11,15,17H,12-14H2,1-2H3,(H,22,25)/t17-/m0/s1. The van der Waals surface area contributed by atoms with Crippen LogP contribution in [-0.2, 0) is 16.1 Å². The van der Waals surface area contributed by atoms with Crippen LogP contribution in [0.5, 0.6) is 5.75 Å². The second-order valence-corrected chi connectivity index (χ2v) is 6.77. The first-order chi connectivity index (χ1) is 12.5. The van der Waals surface area contributed by atoms with Gasteiger partial charge in [-0.1, -0.05) is 30.3 Å². The highest BCUT2D eigenvalue weighted by atomic mass is 16.5. The summed E-state index contributed by atoms with van der Waals surface area (Å²) >= 11 is 0. The van der Waals surface area contributed by atoms with Crippen molar-refractivity contribution in [2.45, 2.75) is 32.9 Å². The number of rotatable bonds is 6. The summed E-state index contributed by atoms with van der Waals surface area (Å²) in [6.07, 6.45) is 0.345. The molecule has 5 heteroatoms. The van der Waals surface area contributed by atoms with Gasteiger partial charge in [-0.25, -0.2) is 0 Å². The lowest BCUT2D eigenvalue weighted by Gasteiger charge is -2.18. The van der Waals surface area contributed by atoms with E-state index in [0.29, 0.717) is 13.1 Å². The molecular formula is C21H24N2O3. The molecule has 1 fully saturated rings. The lowest BCUT2D eigenvalue weighted by molar-refractivity contribution is -0.126. The fourth-order valence-corrected chi connectivity index (χ4v) is 3.04. The molecular weight excluding hydrogens is 328 g/mol. The molecule has 0 unspecified atom stereocenters. The number of carbonyl (C=O) groups is 2. The van der Waals surface area contributed by atoms with E-state index in [1.807, 2.05) is 68.4 Å². The zero-order valence-corrected chi connectivity index (χ0v) is 15.1. The number of anilines is 1. The molecule has 5 nitrogen and oxygen atoms in total. The molecule has 1 saturated heterocycles. The van der Waals surface area contributed by atoms with Crippen molar-refractivity contribution in [3.05, 3.63) is 60.2 Å². The molecule has 0 radical (unpaired) electrons. The molecule has 26 heavy (non-hydrogen) atoms. The highest BCUT2D eigenvalue weighted by Crippen LogP contribution is 2.27. The number of amides is 2. The van der Waals surface area contributed by atoms with E-state index in [2.05, 4.69) is 5.32 Å². The van der Waals surface area contributed by atoms with E-state index in [0.717, 1.165) is 17.0 Å². The van der Waals surface area contributed by atoms with Crippen LogP contribution in [0.15, 0.2) is 54.6 Å². The molecule has 0 bridgehead atoms. The minimum Gasteiger partial charge on any atom is -0.491 e. The third-order valence-electron chi connectivity index (χ3n) is 4.33. The molecule has 0 saturated carbocycles. The molecule has 2 amide bonds. The molecule has 1 aliphatic heterocycles. The van der Waals surface area contributed by atoms with Gasteiger partial charge in [-0.2, -0.15) is 0 Å². The van der Waals surface area contributed by atoms with Gasteiger partial charge in [0.2, 0.25) is 11.8 Å². The van der Waals surface area contributed by atoms with Gasteiger partial charge in [0, 0.05) is 25.2 Å². The summed E-state index contributed by atoms with van der Waals surface area (Å²) in [7, 11) is 0. The van der Waals surface area contributed by atoms with Crippen molar-refractivity contribution in [1.82, 2.24) is 5.32 Å². The van der Waals surface area contributed by atoms with Crippen molar-refractivity contribution in [2.24, 2.45) is 5.92 Å². The van der Waals surface area contributed by atoms with Crippen LogP contribution < -0.4 is 15.0 Å². The van der Waals surface area contributed by atoms with Crippen LogP contribution in [0.3, 0.4) is 0 Å². The van der Waals surface area contributed by atoms with Crippen LogP contribution in [0.25, 0.3) is 0 Å². The fourth-order valence-electron chi connectivity index (χ4n) is 3.04. The highest BCUT2D eigenvalue weighted by molar-refractivity contribution is 6.00. The monoisotopic (exact) mass is 352 g/mol. The van der Waals surface area contributed by atoms with E-state index in [9.17, 15) is 9.59 Å². The molecule has 0 spiro atoms. The third kappa shape index (κ3) is 4.42. The number of carbonyl (C=O) groups excluding carboxylic acids is 2. The summed E-state index contributed by atoms with van der Waals surface area (Å²) in [5, 5.41) is 2.93. The molecule has 0 aromatic heterocycles. The summed E-state index contributed by atoms with van der Waals surface area (Å²) in [5.74, 6) is 0.345. The molecule has 0 aliphatic carbocycles. The smallest absolute Gasteiger partial charge is 0.227 e. The summed E-state index contributed by atoms with van der Waals surface area (Å²) in [4.78, 5) is 26.4. The van der Waals surface area contributed by atoms with Gasteiger partial charge in [0.05, 0.1) is 12.0 Å². The van der Waals surface area contributed by atoms with Crippen molar-refractivity contribution in [1.29, 1.82) is 0 Å². The van der Waals surface area contributed by atoms with Crippen molar-refractivity contribution in [3.8, 4) is 5.75 Å². The SMILES string of the molecule is CC(C)Oc1ccc(N2C[C@@H](C(=O)NCc3ccccc3)CC2=O)cc1. The average Bonchev–Trinajstić information content (AvgIpc) is 3.02. The Hall–Kier alpha value is -2.82. The van der Waals surface area contributed by atoms with Gasteiger partial charge in [0.1, 0.15) is 5.75 Å². The van der Waals surface area contributed by atoms with Gasteiger partial charge in [-0.3, -0.25) is 9.59 Å². The number of nitrogens with one attached hydrogen (secondary N) is 1. The molecule has 1 aliphatic rings. The maximum atomic E-state index is 12.4. The molecule has 1 atom stereocenters. The summed E-state index contributed by atoms with van der Waals surface area (Å²) in [6.45, 7) is 4.82. The minimum atomic E-state index is -0.321. The maximum absolute atomic E-state index is 12.4. The zero-order valence-electron chi connectivity index (χ0n) is 15.1. The Morgan fingerprint density at radius 3 is 2.50 bits per heavy atom. The Labute approximate surface area is 154 Å². The molecule has 2 aromatic carbocycles. The fraction of sp³-hybridized carbons (Fsp3) is 0.333. The van der Waals surface area contributed by atoms with E-state index >= 15 is 0 Å². The maximum Gasteiger partial charge on any atom is 0.227 e. The molecule has 3 rings (SSSR count). The van der Waals surface area contributed by atoms with E-state index < -0.39 is 0 Å². The van der Waals surface area contributed by atoms with Gasteiger partial charge in [-0.15, -0.1) is 0 Å². The Morgan fingerprint density at radius 2 is 1.85 bits per heavy atom. The first-order valence-electron chi connectivity index (χ1n) is 8.91. The number of hydrogen-bond acceptors (Lipinski definition) is 3. The Balaban J connectivity index is 1.58. The molecule has 1 heterocycles. The van der Waals surface area contributed by atoms with Crippen LogP contribution in [0, 0.1) is 5.92 Å². The Morgan fingerprint density at radius 1 is 1.15 bits per heavy atom. The predicted octanol–water partition coefficient (Wildman–Crippen LogP) is 3.14. The zero-order chi connectivity index (χ0) is 18.5. The van der Waals surface area contributed by atoms with Crippen molar-refractivity contribution >= 4 is 17.5 Å². The first kappa shape index (κ1) is 18.0. The lowest BCUT2D eigenvalue weighted by Crippen LogP contribution is -2.32. The number of hydrogen-bond donors (Lipinski definition) is 1. The van der Waals surface area contributed by atoms with Gasteiger partial charge >= 0.3 is 0 Å². The average molecular weight is 352 g/mol. The molecule has 1 N–H and O–H groups in total.